The minimum Gasteiger partial charge on any atom is -0.313 e. The van der Waals surface area contributed by atoms with Crippen LogP contribution >= 0.6 is 0 Å². The number of nitrogens with zero attached hydrogens (tertiary/aromatic N) is 1. The summed E-state index contributed by atoms with van der Waals surface area (Å²) in [5.41, 5.74) is 2.56. The maximum atomic E-state index is 4.45. The van der Waals surface area contributed by atoms with Gasteiger partial charge in [0.2, 0.25) is 0 Å². The Balaban J connectivity index is 1.77. The third-order valence-corrected chi connectivity index (χ3v) is 3.46. The standard InChI is InChI=1S/C14H23N3/c1-2-12-6-5-9-17-14(12)11-15-10-13-7-3-4-8-16-13/h5-6,9,13,15-16H,2-4,7-8,10-11H2,1H3. The van der Waals surface area contributed by atoms with Gasteiger partial charge in [-0.25, -0.2) is 0 Å². The largest absolute Gasteiger partial charge is 0.313 e. The van der Waals surface area contributed by atoms with Crippen molar-refractivity contribution in [3.63, 3.8) is 0 Å². The first-order valence-electron chi connectivity index (χ1n) is 6.77. The van der Waals surface area contributed by atoms with Crippen LogP contribution in [0.4, 0.5) is 0 Å². The zero-order chi connectivity index (χ0) is 11.9. The lowest BCUT2D eigenvalue weighted by Crippen LogP contribution is -2.41. The molecule has 1 fully saturated rings. The molecule has 2 N–H and O–H groups in total. The van der Waals surface area contributed by atoms with E-state index in [0.717, 1.165) is 19.5 Å². The molecular formula is C14H23N3. The topological polar surface area (TPSA) is 37.0 Å². The molecule has 1 aliphatic rings. The third kappa shape index (κ3) is 3.79. The van der Waals surface area contributed by atoms with Crippen LogP contribution in [0, 0.1) is 0 Å². The van der Waals surface area contributed by atoms with Gasteiger partial charge in [0.15, 0.2) is 0 Å². The molecule has 1 saturated heterocycles. The number of nitrogens with one attached hydrogen (secondary N) is 2. The number of rotatable bonds is 5. The molecule has 0 amide bonds. The second-order valence-corrected chi connectivity index (χ2v) is 4.74. The van der Waals surface area contributed by atoms with Crippen LogP contribution in [0.1, 0.15) is 37.4 Å². The number of aromatic nitrogens is 1. The molecule has 2 rings (SSSR count). The van der Waals surface area contributed by atoms with Crippen LogP contribution in [0.15, 0.2) is 18.3 Å². The Morgan fingerprint density at radius 2 is 2.41 bits per heavy atom. The predicted octanol–water partition coefficient (Wildman–Crippen LogP) is 1.88. The molecule has 17 heavy (non-hydrogen) atoms. The second kappa shape index (κ2) is 6.72. The van der Waals surface area contributed by atoms with E-state index in [4.69, 9.17) is 0 Å². The predicted molar refractivity (Wildman–Crippen MR) is 71.0 cm³/mol. The number of hydrogen-bond donors (Lipinski definition) is 2. The summed E-state index contributed by atoms with van der Waals surface area (Å²) >= 11 is 0. The molecule has 0 bridgehead atoms. The zero-order valence-corrected chi connectivity index (χ0v) is 10.7. The molecule has 0 spiro atoms. The van der Waals surface area contributed by atoms with Crippen molar-refractivity contribution >= 4 is 0 Å². The zero-order valence-electron chi connectivity index (χ0n) is 10.7. The minimum atomic E-state index is 0.650. The van der Waals surface area contributed by atoms with Crippen molar-refractivity contribution < 1.29 is 0 Å². The van der Waals surface area contributed by atoms with Gasteiger partial charge in [-0.1, -0.05) is 19.4 Å². The van der Waals surface area contributed by atoms with Crippen molar-refractivity contribution in [2.24, 2.45) is 0 Å². The van der Waals surface area contributed by atoms with E-state index in [-0.39, 0.29) is 0 Å². The van der Waals surface area contributed by atoms with Gasteiger partial charge in [-0.15, -0.1) is 0 Å². The lowest BCUT2D eigenvalue weighted by Gasteiger charge is -2.23. The molecule has 94 valence electrons. The summed E-state index contributed by atoms with van der Waals surface area (Å²) in [5.74, 6) is 0. The average Bonchev–Trinajstić information content (AvgIpc) is 2.40. The number of hydrogen-bond acceptors (Lipinski definition) is 3. The van der Waals surface area contributed by atoms with Crippen LogP contribution < -0.4 is 10.6 Å². The summed E-state index contributed by atoms with van der Waals surface area (Å²) in [6.45, 7) is 5.31. The maximum Gasteiger partial charge on any atom is 0.0573 e. The Morgan fingerprint density at radius 3 is 3.18 bits per heavy atom. The summed E-state index contributed by atoms with van der Waals surface area (Å²) in [5, 5.41) is 7.07. The van der Waals surface area contributed by atoms with E-state index in [0.29, 0.717) is 6.04 Å². The van der Waals surface area contributed by atoms with Crippen molar-refractivity contribution in [1.82, 2.24) is 15.6 Å². The van der Waals surface area contributed by atoms with Crippen LogP contribution in [0.3, 0.4) is 0 Å². The van der Waals surface area contributed by atoms with Gasteiger partial charge in [0.25, 0.3) is 0 Å². The van der Waals surface area contributed by atoms with Crippen LogP contribution in [0.5, 0.6) is 0 Å². The molecule has 0 saturated carbocycles. The van der Waals surface area contributed by atoms with E-state index in [1.165, 1.54) is 37.1 Å². The fourth-order valence-electron chi connectivity index (χ4n) is 2.42. The quantitative estimate of drug-likeness (QED) is 0.815. The molecule has 2 heterocycles. The van der Waals surface area contributed by atoms with Crippen LogP contribution in [-0.4, -0.2) is 24.1 Å². The van der Waals surface area contributed by atoms with Gasteiger partial charge in [-0.3, -0.25) is 4.98 Å². The van der Waals surface area contributed by atoms with Gasteiger partial charge < -0.3 is 10.6 Å². The third-order valence-electron chi connectivity index (χ3n) is 3.46. The van der Waals surface area contributed by atoms with Crippen molar-refractivity contribution in [2.75, 3.05) is 13.1 Å². The summed E-state index contributed by atoms with van der Waals surface area (Å²) in [7, 11) is 0. The van der Waals surface area contributed by atoms with Gasteiger partial charge in [-0.2, -0.15) is 0 Å². The molecule has 3 nitrogen and oxygen atoms in total. The lowest BCUT2D eigenvalue weighted by atomic mass is 10.1. The highest BCUT2D eigenvalue weighted by molar-refractivity contribution is 5.19. The van der Waals surface area contributed by atoms with Crippen molar-refractivity contribution in [1.29, 1.82) is 0 Å². The normalized spacial score (nSPS) is 20.4. The molecule has 1 aromatic heterocycles. The average molecular weight is 233 g/mol. The molecule has 1 aliphatic heterocycles. The van der Waals surface area contributed by atoms with Crippen molar-refractivity contribution in [3.05, 3.63) is 29.6 Å². The van der Waals surface area contributed by atoms with Gasteiger partial charge in [0.05, 0.1) is 5.69 Å². The highest BCUT2D eigenvalue weighted by Crippen LogP contribution is 2.08. The van der Waals surface area contributed by atoms with E-state index in [1.807, 2.05) is 12.3 Å². The van der Waals surface area contributed by atoms with Gasteiger partial charge >= 0.3 is 0 Å². The first-order valence-corrected chi connectivity index (χ1v) is 6.77. The summed E-state index contributed by atoms with van der Waals surface area (Å²) in [4.78, 5) is 4.45. The van der Waals surface area contributed by atoms with E-state index in [2.05, 4.69) is 28.6 Å². The highest BCUT2D eigenvalue weighted by Gasteiger charge is 2.11. The fraction of sp³-hybridized carbons (Fsp3) is 0.643. The van der Waals surface area contributed by atoms with Crippen LogP contribution in [0.25, 0.3) is 0 Å². The maximum absolute atomic E-state index is 4.45. The molecule has 3 heteroatoms. The number of aryl methyl sites for hydroxylation is 1. The van der Waals surface area contributed by atoms with E-state index < -0.39 is 0 Å². The van der Waals surface area contributed by atoms with Gasteiger partial charge in [0.1, 0.15) is 0 Å². The Bertz CT molecular complexity index is 332. The Labute approximate surface area is 104 Å². The number of piperidine rings is 1. The molecule has 0 radical (unpaired) electrons. The monoisotopic (exact) mass is 233 g/mol. The molecule has 0 aromatic carbocycles. The summed E-state index contributed by atoms with van der Waals surface area (Å²) in [6, 6.07) is 4.84. The first-order chi connectivity index (χ1) is 8.40. The van der Waals surface area contributed by atoms with Crippen LogP contribution in [0.2, 0.25) is 0 Å². The lowest BCUT2D eigenvalue weighted by molar-refractivity contribution is 0.382. The van der Waals surface area contributed by atoms with Gasteiger partial charge in [-0.05, 0) is 37.4 Å². The summed E-state index contributed by atoms with van der Waals surface area (Å²) < 4.78 is 0. The molecule has 0 aliphatic carbocycles. The van der Waals surface area contributed by atoms with Crippen LogP contribution in [-0.2, 0) is 13.0 Å². The fourth-order valence-corrected chi connectivity index (χ4v) is 2.42. The highest BCUT2D eigenvalue weighted by atomic mass is 15.0. The summed E-state index contributed by atoms with van der Waals surface area (Å²) in [6.07, 6.45) is 6.94. The van der Waals surface area contributed by atoms with E-state index in [9.17, 15) is 0 Å². The second-order valence-electron chi connectivity index (χ2n) is 4.74. The van der Waals surface area contributed by atoms with Crippen molar-refractivity contribution in [3.8, 4) is 0 Å². The smallest absolute Gasteiger partial charge is 0.0573 e. The molecule has 1 atom stereocenters. The minimum absolute atomic E-state index is 0.650. The Morgan fingerprint density at radius 1 is 1.47 bits per heavy atom. The van der Waals surface area contributed by atoms with Crippen molar-refractivity contribution in [2.45, 2.75) is 45.2 Å². The number of pyridine rings is 1. The SMILES string of the molecule is CCc1cccnc1CNCC1CCCCN1. The van der Waals surface area contributed by atoms with E-state index in [1.54, 1.807) is 0 Å². The molecule has 1 aromatic rings. The van der Waals surface area contributed by atoms with E-state index >= 15 is 0 Å². The Hall–Kier alpha value is -0.930. The van der Waals surface area contributed by atoms with Gasteiger partial charge in [0, 0.05) is 25.3 Å². The molecular weight excluding hydrogens is 210 g/mol. The first kappa shape index (κ1) is 12.5. The Kier molecular flexibility index (Phi) is 4.95. The molecule has 1 unspecified atom stereocenters.